The van der Waals surface area contributed by atoms with Crippen LogP contribution in [0.25, 0.3) is 11.1 Å². The van der Waals surface area contributed by atoms with E-state index in [1.807, 2.05) is 59.5 Å². The number of carboxylic acids is 1. The number of benzene rings is 2. The van der Waals surface area contributed by atoms with E-state index in [0.717, 1.165) is 42.6 Å². The zero-order chi connectivity index (χ0) is 27.9. The molecular weight excluding hydrogens is 501 g/mol. The number of rotatable bonds is 5. The monoisotopic (exact) mass is 528 g/mol. The molecule has 1 aromatic heterocycles. The van der Waals surface area contributed by atoms with Crippen LogP contribution in [-0.4, -0.2) is 59.1 Å². The molecule has 0 unspecified atom stereocenters. The number of aromatic nitrogens is 1. The number of hydrogen-bond acceptors (Lipinski definition) is 5. The van der Waals surface area contributed by atoms with Crippen LogP contribution < -0.4 is 10.5 Å². The summed E-state index contributed by atoms with van der Waals surface area (Å²) in [5.74, 6) is -1.65. The zero-order valence-corrected chi connectivity index (χ0v) is 20.5. The predicted molar refractivity (Wildman–Crippen MR) is 135 cm³/mol. The predicted octanol–water partition coefficient (Wildman–Crippen LogP) is 4.69. The van der Waals surface area contributed by atoms with E-state index < -0.39 is 12.1 Å². The van der Waals surface area contributed by atoms with E-state index in [1.54, 1.807) is 13.3 Å². The summed E-state index contributed by atoms with van der Waals surface area (Å²) in [5, 5.41) is 14.8. The van der Waals surface area contributed by atoms with Crippen molar-refractivity contribution in [2.24, 2.45) is 5.73 Å². The van der Waals surface area contributed by atoms with Gasteiger partial charge in [0.2, 0.25) is 5.88 Å². The molecule has 200 valence electrons. The lowest BCUT2D eigenvalue weighted by atomic mass is 9.88. The Hall–Kier alpha value is -4.41. The van der Waals surface area contributed by atoms with Crippen molar-refractivity contribution in [3.05, 3.63) is 83.6 Å². The third-order valence-corrected chi connectivity index (χ3v) is 6.10. The highest BCUT2D eigenvalue weighted by Gasteiger charge is 2.38. The average Bonchev–Trinajstić information content (AvgIpc) is 2.93. The number of hydrogen-bond donors (Lipinski definition) is 3. The van der Waals surface area contributed by atoms with Gasteiger partial charge in [0, 0.05) is 42.0 Å². The van der Waals surface area contributed by atoms with Crippen LogP contribution >= 0.6 is 0 Å². The minimum absolute atomic E-state index is 0.0651. The van der Waals surface area contributed by atoms with Gasteiger partial charge in [0.1, 0.15) is 5.84 Å². The van der Waals surface area contributed by atoms with Gasteiger partial charge in [0.15, 0.2) is 0 Å². The minimum atomic E-state index is -5.08. The molecule has 0 radical (unpaired) electrons. The van der Waals surface area contributed by atoms with Gasteiger partial charge in [-0.05, 0) is 54.2 Å². The van der Waals surface area contributed by atoms with Crippen molar-refractivity contribution < 1.29 is 32.6 Å². The molecule has 1 amide bonds. The maximum Gasteiger partial charge on any atom is 0.490 e. The topological polar surface area (TPSA) is 130 Å². The van der Waals surface area contributed by atoms with E-state index in [0.29, 0.717) is 17.4 Å². The number of methoxy groups -OCH3 is 1. The van der Waals surface area contributed by atoms with Crippen LogP contribution in [0.2, 0.25) is 0 Å². The Balaban J connectivity index is 0.000000505. The molecule has 2 aromatic carbocycles. The lowest BCUT2D eigenvalue weighted by Crippen LogP contribution is -2.37. The molecule has 1 aliphatic rings. The van der Waals surface area contributed by atoms with Gasteiger partial charge >= 0.3 is 12.1 Å². The molecular formula is C27H27F3N4O4. The lowest BCUT2D eigenvalue weighted by Gasteiger charge is -2.32. The first-order valence-corrected chi connectivity index (χ1v) is 11.6. The molecule has 11 heteroatoms. The molecule has 0 bridgehead atoms. The average molecular weight is 529 g/mol. The van der Waals surface area contributed by atoms with Gasteiger partial charge in [0.25, 0.3) is 5.91 Å². The number of carboxylic acid groups (broad SMARTS) is 1. The van der Waals surface area contributed by atoms with Crippen LogP contribution in [0.15, 0.2) is 66.9 Å². The second-order valence-corrected chi connectivity index (χ2v) is 8.58. The van der Waals surface area contributed by atoms with E-state index in [1.165, 1.54) is 5.56 Å². The molecule has 0 aliphatic carbocycles. The van der Waals surface area contributed by atoms with Crippen LogP contribution in [0.3, 0.4) is 0 Å². The Morgan fingerprint density at radius 2 is 1.63 bits per heavy atom. The minimum Gasteiger partial charge on any atom is -0.481 e. The number of piperidine rings is 1. The summed E-state index contributed by atoms with van der Waals surface area (Å²) in [6, 6.07) is 19.3. The van der Waals surface area contributed by atoms with Crippen molar-refractivity contribution in [3.63, 3.8) is 0 Å². The van der Waals surface area contributed by atoms with E-state index >= 15 is 0 Å². The first-order valence-electron chi connectivity index (χ1n) is 11.6. The summed E-state index contributed by atoms with van der Waals surface area (Å²) in [6.45, 7) is 1.44. The van der Waals surface area contributed by atoms with Crippen molar-refractivity contribution in [1.29, 1.82) is 5.41 Å². The number of nitrogens with two attached hydrogens (primary N) is 1. The number of amides is 1. The number of ether oxygens (including phenoxy) is 1. The Morgan fingerprint density at radius 3 is 2.13 bits per heavy atom. The van der Waals surface area contributed by atoms with Gasteiger partial charge in [-0.2, -0.15) is 13.2 Å². The number of carbonyl (C=O) groups is 2. The third-order valence-electron chi connectivity index (χ3n) is 6.10. The number of amidine groups is 1. The van der Waals surface area contributed by atoms with E-state index in [-0.39, 0.29) is 11.7 Å². The molecule has 1 fully saturated rings. The van der Waals surface area contributed by atoms with Crippen LogP contribution in [0.1, 0.15) is 40.2 Å². The van der Waals surface area contributed by atoms with Crippen molar-refractivity contribution in [1.82, 2.24) is 9.88 Å². The molecule has 2 heterocycles. The highest BCUT2D eigenvalue weighted by Crippen LogP contribution is 2.29. The third kappa shape index (κ3) is 7.31. The normalized spacial score (nSPS) is 13.7. The van der Waals surface area contributed by atoms with Crippen molar-refractivity contribution >= 4 is 17.7 Å². The summed E-state index contributed by atoms with van der Waals surface area (Å²) >= 11 is 0. The highest BCUT2D eigenvalue weighted by molar-refractivity contribution is 5.95. The van der Waals surface area contributed by atoms with Crippen molar-refractivity contribution in [2.75, 3.05) is 20.2 Å². The Kier molecular flexibility index (Phi) is 9.06. The first kappa shape index (κ1) is 28.2. The molecule has 1 aliphatic heterocycles. The maximum atomic E-state index is 13.0. The fraction of sp³-hybridized carbons (Fsp3) is 0.259. The quantitative estimate of drug-likeness (QED) is 0.325. The van der Waals surface area contributed by atoms with Gasteiger partial charge in [0.05, 0.1) is 7.11 Å². The molecule has 4 N–H and O–H groups in total. The number of nitrogen functional groups attached to an aromatic ring is 1. The standard InChI is InChI=1S/C25H26N4O2.C2HF3O2/c1-31-23-10-9-22(16-28-23)17-5-7-19(8-6-17)25(30)29-13-11-18(12-14-29)20-3-2-4-21(15-20)24(26)27;3-2(4,5)1(6)7/h2-10,15-16,18H,11-14H2,1H3,(H3,26,27);(H,6,7). The second kappa shape index (κ2) is 12.2. The number of alkyl halides is 3. The SMILES string of the molecule is COc1ccc(-c2ccc(C(=O)N3CCC(c4cccc(C(=N)N)c4)CC3)cc2)cn1.O=C(O)C(F)(F)F. The molecule has 8 nitrogen and oxygen atoms in total. The Morgan fingerprint density at radius 1 is 1.03 bits per heavy atom. The molecule has 4 rings (SSSR count). The Bertz CT molecular complexity index is 1270. The summed E-state index contributed by atoms with van der Waals surface area (Å²) in [7, 11) is 1.59. The first-order chi connectivity index (χ1) is 18.0. The molecule has 0 atom stereocenters. The van der Waals surface area contributed by atoms with E-state index in [2.05, 4.69) is 11.1 Å². The van der Waals surface area contributed by atoms with E-state index in [4.69, 9.17) is 25.8 Å². The molecule has 1 saturated heterocycles. The van der Waals surface area contributed by atoms with Gasteiger partial charge in [-0.1, -0.05) is 30.3 Å². The number of aliphatic carboxylic acids is 1. The molecule has 0 saturated carbocycles. The summed E-state index contributed by atoms with van der Waals surface area (Å²) in [4.78, 5) is 28.0. The number of carbonyl (C=O) groups excluding carboxylic acids is 1. The van der Waals surface area contributed by atoms with Crippen LogP contribution in [0.4, 0.5) is 13.2 Å². The highest BCUT2D eigenvalue weighted by atomic mass is 19.4. The van der Waals surface area contributed by atoms with Gasteiger partial charge in [-0.15, -0.1) is 0 Å². The van der Waals surface area contributed by atoms with Crippen LogP contribution in [0, 0.1) is 5.41 Å². The Labute approximate surface area is 217 Å². The van der Waals surface area contributed by atoms with E-state index in [9.17, 15) is 18.0 Å². The molecule has 3 aromatic rings. The summed E-state index contributed by atoms with van der Waals surface area (Å²) in [5.41, 5.74) is 10.3. The lowest BCUT2D eigenvalue weighted by molar-refractivity contribution is -0.192. The molecule has 38 heavy (non-hydrogen) atoms. The summed E-state index contributed by atoms with van der Waals surface area (Å²) in [6.07, 6.45) is -1.51. The second-order valence-electron chi connectivity index (χ2n) is 8.58. The fourth-order valence-electron chi connectivity index (χ4n) is 4.04. The maximum absolute atomic E-state index is 13.0. The van der Waals surface area contributed by atoms with Gasteiger partial charge in [-0.25, -0.2) is 9.78 Å². The van der Waals surface area contributed by atoms with Crippen LogP contribution in [0.5, 0.6) is 5.88 Å². The summed E-state index contributed by atoms with van der Waals surface area (Å²) < 4.78 is 36.8. The largest absolute Gasteiger partial charge is 0.490 e. The smallest absolute Gasteiger partial charge is 0.481 e. The number of nitrogens with zero attached hydrogens (tertiary/aromatic N) is 2. The number of nitrogens with one attached hydrogen (secondary N) is 1. The fourth-order valence-corrected chi connectivity index (χ4v) is 4.04. The molecule has 0 spiro atoms. The zero-order valence-electron chi connectivity index (χ0n) is 20.5. The van der Waals surface area contributed by atoms with Crippen molar-refractivity contribution in [2.45, 2.75) is 24.9 Å². The number of likely N-dealkylation sites (tertiary alicyclic amines) is 1. The van der Waals surface area contributed by atoms with Crippen molar-refractivity contribution in [3.8, 4) is 17.0 Å². The van der Waals surface area contributed by atoms with Gasteiger partial charge < -0.3 is 20.5 Å². The number of halogens is 3. The van der Waals surface area contributed by atoms with Gasteiger partial charge in [-0.3, -0.25) is 10.2 Å². The number of pyridine rings is 1. The van der Waals surface area contributed by atoms with Crippen LogP contribution in [-0.2, 0) is 4.79 Å².